The maximum absolute atomic E-state index is 13.4. The standard InChI is InChI=1S/C22H25Cl2N3O6S/c1-14(22(29)25-2)26(12-15-4-5-16(23)10-18(15)24)21(28)13-27(34(3,30)31)17-6-7-19-20(11-17)33-9-8-32-19/h4-7,10-11,14H,8-9,12-13H2,1-3H3,(H,25,29)/t14-/m1/s1. The zero-order valence-corrected chi connectivity index (χ0v) is 21.2. The van der Waals surface area contributed by atoms with Crippen molar-refractivity contribution in [2.45, 2.75) is 19.5 Å². The molecule has 0 spiro atoms. The lowest BCUT2D eigenvalue weighted by atomic mass is 10.1. The van der Waals surface area contributed by atoms with Gasteiger partial charge in [0, 0.05) is 29.7 Å². The second-order valence-electron chi connectivity index (χ2n) is 7.65. The Morgan fingerprint density at radius 3 is 2.38 bits per heavy atom. The first-order valence-corrected chi connectivity index (χ1v) is 12.9. The van der Waals surface area contributed by atoms with Crippen LogP contribution in [0.1, 0.15) is 12.5 Å². The summed E-state index contributed by atoms with van der Waals surface area (Å²) < 4.78 is 37.3. The number of halogens is 2. The van der Waals surface area contributed by atoms with Crippen molar-refractivity contribution < 1.29 is 27.5 Å². The first-order valence-electron chi connectivity index (χ1n) is 10.3. The third-order valence-electron chi connectivity index (χ3n) is 5.26. The maximum atomic E-state index is 13.4. The van der Waals surface area contributed by atoms with Crippen molar-refractivity contribution in [3.63, 3.8) is 0 Å². The fraction of sp³-hybridized carbons (Fsp3) is 0.364. The van der Waals surface area contributed by atoms with Crippen molar-refractivity contribution >= 4 is 50.7 Å². The number of hydrogen-bond donors (Lipinski definition) is 1. The number of sulfonamides is 1. The third-order valence-corrected chi connectivity index (χ3v) is 6.99. The topological polar surface area (TPSA) is 105 Å². The highest BCUT2D eigenvalue weighted by molar-refractivity contribution is 7.92. The minimum absolute atomic E-state index is 0.0256. The van der Waals surface area contributed by atoms with Crippen LogP contribution in [0.25, 0.3) is 0 Å². The van der Waals surface area contributed by atoms with E-state index in [1.54, 1.807) is 25.1 Å². The van der Waals surface area contributed by atoms with Gasteiger partial charge in [0.05, 0.1) is 11.9 Å². The maximum Gasteiger partial charge on any atom is 0.244 e. The lowest BCUT2D eigenvalue weighted by molar-refractivity contribution is -0.139. The molecule has 0 aliphatic carbocycles. The predicted molar refractivity (Wildman–Crippen MR) is 130 cm³/mol. The van der Waals surface area contributed by atoms with E-state index in [2.05, 4.69) is 5.32 Å². The number of nitrogens with one attached hydrogen (secondary N) is 1. The molecule has 1 aliphatic heterocycles. The SMILES string of the molecule is CNC(=O)[C@@H](C)N(Cc1ccc(Cl)cc1Cl)C(=O)CN(c1ccc2c(c1)OCCO2)S(C)(=O)=O. The summed E-state index contributed by atoms with van der Waals surface area (Å²) in [5, 5.41) is 3.25. The van der Waals surface area contributed by atoms with Gasteiger partial charge in [-0.05, 0) is 36.8 Å². The molecule has 0 fully saturated rings. The van der Waals surface area contributed by atoms with Crippen LogP contribution in [0, 0.1) is 0 Å². The van der Waals surface area contributed by atoms with E-state index in [1.807, 2.05) is 0 Å². The molecule has 0 radical (unpaired) electrons. The number of likely N-dealkylation sites (N-methyl/N-ethyl adjacent to an activating group) is 1. The van der Waals surface area contributed by atoms with Gasteiger partial charge in [0.25, 0.3) is 0 Å². The molecule has 34 heavy (non-hydrogen) atoms. The van der Waals surface area contributed by atoms with Crippen LogP contribution in [-0.4, -0.2) is 64.2 Å². The molecular weight excluding hydrogens is 505 g/mol. The van der Waals surface area contributed by atoms with E-state index in [9.17, 15) is 18.0 Å². The Morgan fingerprint density at radius 1 is 1.09 bits per heavy atom. The summed E-state index contributed by atoms with van der Waals surface area (Å²) in [6.07, 6.45) is 1.000. The van der Waals surface area contributed by atoms with Gasteiger partial charge in [-0.1, -0.05) is 29.3 Å². The molecule has 2 amide bonds. The van der Waals surface area contributed by atoms with Crippen molar-refractivity contribution in [2.75, 3.05) is 37.4 Å². The summed E-state index contributed by atoms with van der Waals surface area (Å²) in [6.45, 7) is 1.70. The summed E-state index contributed by atoms with van der Waals surface area (Å²) in [4.78, 5) is 27.1. The summed E-state index contributed by atoms with van der Waals surface area (Å²) >= 11 is 12.3. The average Bonchev–Trinajstić information content (AvgIpc) is 2.80. The Labute approximate surface area is 208 Å². The van der Waals surface area contributed by atoms with Gasteiger partial charge in [-0.25, -0.2) is 8.42 Å². The van der Waals surface area contributed by atoms with Crippen molar-refractivity contribution in [1.82, 2.24) is 10.2 Å². The number of amides is 2. The van der Waals surface area contributed by atoms with Crippen LogP contribution in [0.15, 0.2) is 36.4 Å². The van der Waals surface area contributed by atoms with E-state index in [1.165, 1.54) is 30.1 Å². The van der Waals surface area contributed by atoms with Crippen LogP contribution in [-0.2, 0) is 26.2 Å². The second kappa shape index (κ2) is 10.7. The highest BCUT2D eigenvalue weighted by Gasteiger charge is 2.30. The Morgan fingerprint density at radius 2 is 1.76 bits per heavy atom. The summed E-state index contributed by atoms with van der Waals surface area (Å²) in [6, 6.07) is 8.53. The molecular formula is C22H25Cl2N3O6S. The summed E-state index contributed by atoms with van der Waals surface area (Å²) in [5.74, 6) is -0.137. The van der Waals surface area contributed by atoms with Crippen LogP contribution in [0.5, 0.6) is 11.5 Å². The Bertz CT molecular complexity index is 1190. The van der Waals surface area contributed by atoms with Crippen molar-refractivity contribution in [1.29, 1.82) is 0 Å². The summed E-state index contributed by atoms with van der Waals surface area (Å²) in [7, 11) is -2.41. The van der Waals surface area contributed by atoms with Crippen LogP contribution in [0.2, 0.25) is 10.0 Å². The van der Waals surface area contributed by atoms with Crippen LogP contribution >= 0.6 is 23.2 Å². The lowest BCUT2D eigenvalue weighted by Crippen LogP contribution is -2.50. The molecule has 1 heterocycles. The molecule has 2 aromatic carbocycles. The Hall–Kier alpha value is -2.69. The van der Waals surface area contributed by atoms with Gasteiger partial charge >= 0.3 is 0 Å². The van der Waals surface area contributed by atoms with E-state index >= 15 is 0 Å². The monoisotopic (exact) mass is 529 g/mol. The molecule has 1 atom stereocenters. The molecule has 184 valence electrons. The number of ether oxygens (including phenoxy) is 2. The largest absolute Gasteiger partial charge is 0.486 e. The van der Waals surface area contributed by atoms with E-state index in [4.69, 9.17) is 32.7 Å². The van der Waals surface area contributed by atoms with Gasteiger partial charge in [0.2, 0.25) is 21.8 Å². The van der Waals surface area contributed by atoms with Gasteiger partial charge in [-0.2, -0.15) is 0 Å². The zero-order chi connectivity index (χ0) is 25.0. The van der Waals surface area contributed by atoms with E-state index in [0.29, 0.717) is 40.3 Å². The smallest absolute Gasteiger partial charge is 0.244 e. The average molecular weight is 530 g/mol. The fourth-order valence-electron chi connectivity index (χ4n) is 3.43. The molecule has 2 aromatic rings. The van der Waals surface area contributed by atoms with Gasteiger partial charge in [-0.3, -0.25) is 13.9 Å². The minimum Gasteiger partial charge on any atom is -0.486 e. The minimum atomic E-state index is -3.87. The van der Waals surface area contributed by atoms with Crippen LogP contribution in [0.4, 0.5) is 5.69 Å². The van der Waals surface area contributed by atoms with E-state index in [-0.39, 0.29) is 12.2 Å². The lowest BCUT2D eigenvalue weighted by Gasteiger charge is -2.31. The third kappa shape index (κ3) is 6.05. The molecule has 0 saturated heterocycles. The normalized spacial score (nSPS) is 13.7. The molecule has 0 saturated carbocycles. The molecule has 0 unspecified atom stereocenters. The second-order valence-corrected chi connectivity index (χ2v) is 10.4. The number of carbonyl (C=O) groups is 2. The number of carbonyl (C=O) groups excluding carboxylic acids is 2. The zero-order valence-electron chi connectivity index (χ0n) is 18.9. The molecule has 1 N–H and O–H groups in total. The molecule has 3 rings (SSSR count). The number of nitrogens with zero attached hydrogens (tertiary/aromatic N) is 2. The number of fused-ring (bicyclic) bond motifs is 1. The quantitative estimate of drug-likeness (QED) is 0.563. The Kier molecular flexibility index (Phi) is 8.17. The molecule has 0 aromatic heterocycles. The first-order chi connectivity index (χ1) is 16.0. The van der Waals surface area contributed by atoms with E-state index < -0.39 is 34.4 Å². The number of hydrogen-bond acceptors (Lipinski definition) is 6. The van der Waals surface area contributed by atoms with Gasteiger partial charge in [0.1, 0.15) is 25.8 Å². The van der Waals surface area contributed by atoms with Crippen LogP contribution in [0.3, 0.4) is 0 Å². The van der Waals surface area contributed by atoms with Crippen LogP contribution < -0.4 is 19.1 Å². The first kappa shape index (κ1) is 25.9. The number of rotatable bonds is 8. The van der Waals surface area contributed by atoms with Crippen molar-refractivity contribution in [3.8, 4) is 11.5 Å². The number of anilines is 1. The Balaban J connectivity index is 1.93. The highest BCUT2D eigenvalue weighted by atomic mass is 35.5. The van der Waals surface area contributed by atoms with Crippen molar-refractivity contribution in [2.24, 2.45) is 0 Å². The molecule has 12 heteroatoms. The highest BCUT2D eigenvalue weighted by Crippen LogP contribution is 2.35. The molecule has 9 nitrogen and oxygen atoms in total. The van der Waals surface area contributed by atoms with Gasteiger partial charge in [-0.15, -0.1) is 0 Å². The van der Waals surface area contributed by atoms with Gasteiger partial charge < -0.3 is 19.7 Å². The summed E-state index contributed by atoms with van der Waals surface area (Å²) in [5.41, 5.74) is 0.789. The van der Waals surface area contributed by atoms with Crippen molar-refractivity contribution in [3.05, 3.63) is 52.0 Å². The fourth-order valence-corrected chi connectivity index (χ4v) is 4.74. The van der Waals surface area contributed by atoms with E-state index in [0.717, 1.165) is 10.6 Å². The van der Waals surface area contributed by atoms with Gasteiger partial charge in [0.15, 0.2) is 11.5 Å². The molecule has 0 bridgehead atoms. The molecule has 1 aliphatic rings. The predicted octanol–water partition coefficient (Wildman–Crippen LogP) is 2.69. The number of benzene rings is 2.